The molecular formula is C12H20N4O2. The van der Waals surface area contributed by atoms with Crippen LogP contribution in [0, 0.1) is 0 Å². The maximum absolute atomic E-state index is 5.86. The third kappa shape index (κ3) is 3.24. The number of anilines is 2. The Bertz CT molecular complexity index is 400. The number of pyridine rings is 1. The number of hydrogen-bond donors (Lipinski definition) is 2. The highest BCUT2D eigenvalue weighted by atomic mass is 16.5. The zero-order valence-electron chi connectivity index (χ0n) is 10.8. The summed E-state index contributed by atoms with van der Waals surface area (Å²) in [6, 6.07) is 3.52. The Balaban J connectivity index is 1.92. The van der Waals surface area contributed by atoms with Gasteiger partial charge in [0.25, 0.3) is 0 Å². The van der Waals surface area contributed by atoms with Crippen molar-refractivity contribution in [3.05, 3.63) is 12.1 Å². The van der Waals surface area contributed by atoms with E-state index in [0.29, 0.717) is 23.9 Å². The van der Waals surface area contributed by atoms with E-state index in [1.165, 1.54) is 0 Å². The number of aromatic nitrogens is 1. The highest BCUT2D eigenvalue weighted by molar-refractivity contribution is 5.61. The van der Waals surface area contributed by atoms with Gasteiger partial charge in [-0.2, -0.15) is 4.98 Å². The Hall–Kier alpha value is -1.53. The van der Waals surface area contributed by atoms with Crippen molar-refractivity contribution < 1.29 is 9.47 Å². The number of likely N-dealkylation sites (N-methyl/N-ethyl adjacent to an activating group) is 1. The molecule has 0 bridgehead atoms. The predicted octanol–water partition coefficient (Wildman–Crippen LogP) is 0.415. The van der Waals surface area contributed by atoms with Crippen molar-refractivity contribution in [1.29, 1.82) is 0 Å². The zero-order valence-corrected chi connectivity index (χ0v) is 10.8. The average Bonchev–Trinajstić information content (AvgIpc) is 2.38. The minimum absolute atomic E-state index is 0.163. The lowest BCUT2D eigenvalue weighted by Crippen LogP contribution is -2.43. The van der Waals surface area contributed by atoms with E-state index in [2.05, 4.69) is 22.2 Å². The Kier molecular flexibility index (Phi) is 4.22. The summed E-state index contributed by atoms with van der Waals surface area (Å²) < 4.78 is 10.7. The quantitative estimate of drug-likeness (QED) is 0.809. The topological polar surface area (TPSA) is 72.6 Å². The van der Waals surface area contributed by atoms with Gasteiger partial charge in [0.1, 0.15) is 0 Å². The van der Waals surface area contributed by atoms with Gasteiger partial charge >= 0.3 is 0 Å². The fraction of sp³-hybridized carbons (Fsp3) is 0.583. The number of rotatable bonds is 4. The number of methoxy groups -OCH3 is 1. The maximum Gasteiger partial charge on any atom is 0.215 e. The normalized spacial score (nSPS) is 20.7. The molecule has 0 spiro atoms. The van der Waals surface area contributed by atoms with Crippen molar-refractivity contribution in [1.82, 2.24) is 9.88 Å². The van der Waals surface area contributed by atoms with Crippen LogP contribution in [0.3, 0.4) is 0 Å². The van der Waals surface area contributed by atoms with Crippen LogP contribution >= 0.6 is 0 Å². The molecule has 100 valence electrons. The molecule has 1 aliphatic rings. The van der Waals surface area contributed by atoms with Crippen LogP contribution in [0.5, 0.6) is 5.88 Å². The summed E-state index contributed by atoms with van der Waals surface area (Å²) in [6.45, 7) is 3.35. The first-order valence-corrected chi connectivity index (χ1v) is 6.03. The highest BCUT2D eigenvalue weighted by Crippen LogP contribution is 2.19. The smallest absolute Gasteiger partial charge is 0.215 e. The third-order valence-corrected chi connectivity index (χ3v) is 2.95. The molecule has 0 saturated carbocycles. The Morgan fingerprint density at radius 1 is 1.61 bits per heavy atom. The van der Waals surface area contributed by atoms with Crippen LogP contribution in [-0.4, -0.2) is 56.4 Å². The number of nitrogens with zero attached hydrogens (tertiary/aromatic N) is 2. The second-order valence-electron chi connectivity index (χ2n) is 4.43. The van der Waals surface area contributed by atoms with Gasteiger partial charge in [0.05, 0.1) is 25.5 Å². The number of nitrogens with one attached hydrogen (secondary N) is 1. The summed E-state index contributed by atoms with van der Waals surface area (Å²) in [4.78, 5) is 6.51. The lowest BCUT2D eigenvalue weighted by atomic mass is 10.3. The van der Waals surface area contributed by atoms with Gasteiger partial charge in [-0.25, -0.2) is 0 Å². The fourth-order valence-corrected chi connectivity index (χ4v) is 1.91. The van der Waals surface area contributed by atoms with Crippen molar-refractivity contribution in [3.8, 4) is 5.88 Å². The first-order chi connectivity index (χ1) is 8.69. The predicted molar refractivity (Wildman–Crippen MR) is 70.9 cm³/mol. The van der Waals surface area contributed by atoms with Gasteiger partial charge in [0.15, 0.2) is 5.82 Å². The number of morpholine rings is 1. The number of hydrogen-bond acceptors (Lipinski definition) is 6. The molecule has 1 aromatic heterocycles. The first-order valence-electron chi connectivity index (χ1n) is 6.03. The van der Waals surface area contributed by atoms with Crippen LogP contribution in [0.1, 0.15) is 0 Å². The van der Waals surface area contributed by atoms with Gasteiger partial charge in [-0.15, -0.1) is 0 Å². The number of nitrogens with two attached hydrogens (primary N) is 1. The molecule has 18 heavy (non-hydrogen) atoms. The van der Waals surface area contributed by atoms with Crippen molar-refractivity contribution in [3.63, 3.8) is 0 Å². The standard InChI is InChI=1S/C12H20N4O2/c1-16-5-6-18-9(8-16)7-14-12-10(13)3-4-11(15-12)17-2/h3-4,9H,5-8,13H2,1-2H3,(H,14,15). The molecule has 1 unspecified atom stereocenters. The molecule has 6 nitrogen and oxygen atoms in total. The van der Waals surface area contributed by atoms with Crippen molar-refractivity contribution in [2.24, 2.45) is 0 Å². The maximum atomic E-state index is 5.86. The van der Waals surface area contributed by atoms with E-state index in [9.17, 15) is 0 Å². The second-order valence-corrected chi connectivity index (χ2v) is 4.43. The molecule has 1 aromatic rings. The second kappa shape index (κ2) is 5.88. The van der Waals surface area contributed by atoms with Gasteiger partial charge in [-0.3, -0.25) is 0 Å². The molecule has 2 rings (SSSR count). The zero-order chi connectivity index (χ0) is 13.0. The Morgan fingerprint density at radius 2 is 2.44 bits per heavy atom. The van der Waals surface area contributed by atoms with Gasteiger partial charge in [0, 0.05) is 25.7 Å². The van der Waals surface area contributed by atoms with E-state index in [4.69, 9.17) is 15.2 Å². The number of nitrogen functional groups attached to an aromatic ring is 1. The van der Waals surface area contributed by atoms with Gasteiger partial charge in [0.2, 0.25) is 5.88 Å². The van der Waals surface area contributed by atoms with E-state index >= 15 is 0 Å². The van der Waals surface area contributed by atoms with Crippen molar-refractivity contribution >= 4 is 11.5 Å². The molecule has 1 atom stereocenters. The summed E-state index contributed by atoms with van der Waals surface area (Å²) in [5, 5.41) is 3.21. The minimum Gasteiger partial charge on any atom is -0.481 e. The lowest BCUT2D eigenvalue weighted by Gasteiger charge is -2.30. The van der Waals surface area contributed by atoms with Gasteiger partial charge in [-0.05, 0) is 13.1 Å². The average molecular weight is 252 g/mol. The molecule has 6 heteroatoms. The molecule has 1 fully saturated rings. The highest BCUT2D eigenvalue weighted by Gasteiger charge is 2.17. The molecule has 0 aliphatic carbocycles. The minimum atomic E-state index is 0.163. The first kappa shape index (κ1) is 12.9. The summed E-state index contributed by atoms with van der Waals surface area (Å²) in [6.07, 6.45) is 0.163. The molecule has 2 heterocycles. The van der Waals surface area contributed by atoms with Gasteiger partial charge < -0.3 is 25.4 Å². The van der Waals surface area contributed by atoms with E-state index in [-0.39, 0.29) is 6.10 Å². The van der Waals surface area contributed by atoms with Gasteiger partial charge in [-0.1, -0.05) is 0 Å². The molecule has 0 aromatic carbocycles. The van der Waals surface area contributed by atoms with Crippen molar-refractivity contribution in [2.75, 3.05) is 51.4 Å². The van der Waals surface area contributed by atoms with Crippen LogP contribution < -0.4 is 15.8 Å². The molecule has 1 aliphatic heterocycles. The largest absolute Gasteiger partial charge is 0.481 e. The van der Waals surface area contributed by atoms with E-state index < -0.39 is 0 Å². The molecule has 1 saturated heterocycles. The van der Waals surface area contributed by atoms with Crippen LogP contribution in [0.2, 0.25) is 0 Å². The SMILES string of the molecule is COc1ccc(N)c(NCC2CN(C)CCO2)n1. The molecule has 0 radical (unpaired) electrons. The van der Waals surface area contributed by atoms with Crippen molar-refractivity contribution in [2.45, 2.75) is 6.10 Å². The van der Waals surface area contributed by atoms with E-state index in [1.54, 1.807) is 19.2 Å². The summed E-state index contributed by atoms with van der Waals surface area (Å²) >= 11 is 0. The fourth-order valence-electron chi connectivity index (χ4n) is 1.91. The third-order valence-electron chi connectivity index (χ3n) is 2.95. The molecule has 3 N–H and O–H groups in total. The molecular weight excluding hydrogens is 232 g/mol. The number of ether oxygens (including phenoxy) is 2. The van der Waals surface area contributed by atoms with Crippen LogP contribution in [-0.2, 0) is 4.74 Å². The van der Waals surface area contributed by atoms with Crippen LogP contribution in [0.25, 0.3) is 0 Å². The Morgan fingerprint density at radius 3 is 3.17 bits per heavy atom. The Labute approximate surface area is 107 Å². The summed E-state index contributed by atoms with van der Waals surface area (Å²) in [5.41, 5.74) is 6.47. The lowest BCUT2D eigenvalue weighted by molar-refractivity contribution is -0.0117. The van der Waals surface area contributed by atoms with Crippen LogP contribution in [0.15, 0.2) is 12.1 Å². The monoisotopic (exact) mass is 252 g/mol. The van der Waals surface area contributed by atoms with Crippen LogP contribution in [0.4, 0.5) is 11.5 Å². The van der Waals surface area contributed by atoms with E-state index in [0.717, 1.165) is 19.7 Å². The summed E-state index contributed by atoms with van der Waals surface area (Å²) in [5.74, 6) is 1.19. The molecule has 0 amide bonds. The summed E-state index contributed by atoms with van der Waals surface area (Å²) in [7, 11) is 3.68. The van der Waals surface area contributed by atoms with E-state index in [1.807, 2.05) is 0 Å².